The van der Waals surface area contributed by atoms with Crippen molar-refractivity contribution in [2.45, 2.75) is 19.3 Å². The molecule has 3 rings (SSSR count). The summed E-state index contributed by atoms with van der Waals surface area (Å²) in [5, 5.41) is 1.21. The Morgan fingerprint density at radius 1 is 1.47 bits per heavy atom. The predicted octanol–water partition coefficient (Wildman–Crippen LogP) is 1.52. The Balaban J connectivity index is 2.07. The third-order valence-corrected chi connectivity index (χ3v) is 3.24. The molecule has 0 bridgehead atoms. The van der Waals surface area contributed by atoms with Gasteiger partial charge in [-0.25, -0.2) is 0 Å². The van der Waals surface area contributed by atoms with Gasteiger partial charge in [-0.2, -0.15) is 0 Å². The van der Waals surface area contributed by atoms with E-state index in [2.05, 4.69) is 4.98 Å². The zero-order chi connectivity index (χ0) is 11.8. The van der Waals surface area contributed by atoms with E-state index in [4.69, 9.17) is 10.5 Å². The molecule has 3 N–H and O–H groups in total. The van der Waals surface area contributed by atoms with Crippen LogP contribution in [0.4, 0.5) is 0 Å². The third-order valence-electron chi connectivity index (χ3n) is 3.24. The van der Waals surface area contributed by atoms with Gasteiger partial charge in [0.15, 0.2) is 0 Å². The van der Waals surface area contributed by atoms with Crippen molar-refractivity contribution in [2.24, 2.45) is 5.73 Å². The summed E-state index contributed by atoms with van der Waals surface area (Å²) in [5.41, 5.74) is 8.70. The zero-order valence-electron chi connectivity index (χ0n) is 9.45. The first-order valence-electron chi connectivity index (χ1n) is 5.78. The quantitative estimate of drug-likeness (QED) is 0.839. The maximum absolute atomic E-state index is 10.9. The van der Waals surface area contributed by atoms with E-state index in [1.54, 1.807) is 0 Å². The number of hydrogen-bond acceptors (Lipinski definition) is 2. The van der Waals surface area contributed by atoms with Crippen LogP contribution >= 0.6 is 0 Å². The number of benzene rings is 1. The molecule has 17 heavy (non-hydrogen) atoms. The van der Waals surface area contributed by atoms with E-state index in [0.717, 1.165) is 29.9 Å². The second-order valence-electron chi connectivity index (χ2n) is 4.34. The molecule has 0 unspecified atom stereocenters. The molecule has 0 saturated carbocycles. The first-order chi connectivity index (χ1) is 8.25. The highest BCUT2D eigenvalue weighted by Gasteiger charge is 2.18. The summed E-state index contributed by atoms with van der Waals surface area (Å²) in [6.07, 6.45) is 3.98. The topological polar surface area (TPSA) is 68.1 Å². The van der Waals surface area contributed by atoms with Crippen LogP contribution in [0.3, 0.4) is 0 Å². The van der Waals surface area contributed by atoms with Gasteiger partial charge in [0.2, 0.25) is 5.91 Å². The molecule has 0 radical (unpaired) electrons. The number of aromatic amines is 1. The Morgan fingerprint density at radius 3 is 3.18 bits per heavy atom. The second kappa shape index (κ2) is 3.80. The summed E-state index contributed by atoms with van der Waals surface area (Å²) in [6, 6.07) is 4.02. The van der Waals surface area contributed by atoms with Gasteiger partial charge in [-0.15, -0.1) is 0 Å². The van der Waals surface area contributed by atoms with Crippen molar-refractivity contribution in [1.29, 1.82) is 0 Å². The van der Waals surface area contributed by atoms with Gasteiger partial charge in [0, 0.05) is 35.5 Å². The van der Waals surface area contributed by atoms with E-state index in [-0.39, 0.29) is 5.91 Å². The lowest BCUT2D eigenvalue weighted by molar-refractivity contribution is -0.117. The van der Waals surface area contributed by atoms with Gasteiger partial charge in [0.1, 0.15) is 5.75 Å². The summed E-state index contributed by atoms with van der Waals surface area (Å²) in [4.78, 5) is 14.1. The first-order valence-corrected chi connectivity index (χ1v) is 5.78. The van der Waals surface area contributed by atoms with Crippen LogP contribution in [0, 0.1) is 0 Å². The van der Waals surface area contributed by atoms with Crippen LogP contribution in [0.1, 0.15) is 17.5 Å². The Morgan fingerprint density at radius 2 is 2.35 bits per heavy atom. The Bertz CT molecular complexity index is 586. The molecule has 0 aliphatic carbocycles. The number of nitrogens with one attached hydrogen (secondary N) is 1. The number of hydrogen-bond donors (Lipinski definition) is 2. The highest BCUT2D eigenvalue weighted by atomic mass is 16.5. The van der Waals surface area contributed by atoms with Gasteiger partial charge >= 0.3 is 0 Å². The summed E-state index contributed by atoms with van der Waals surface area (Å²) in [7, 11) is 0. The Kier molecular flexibility index (Phi) is 2.28. The molecule has 4 nitrogen and oxygen atoms in total. The second-order valence-corrected chi connectivity index (χ2v) is 4.34. The summed E-state index contributed by atoms with van der Waals surface area (Å²) >= 11 is 0. The molecule has 0 fully saturated rings. The van der Waals surface area contributed by atoms with Gasteiger partial charge in [-0.3, -0.25) is 4.79 Å². The lowest BCUT2D eigenvalue weighted by Gasteiger charge is -2.02. The number of nitrogens with two attached hydrogens (primary N) is 1. The highest BCUT2D eigenvalue weighted by molar-refractivity contribution is 5.89. The van der Waals surface area contributed by atoms with Crippen LogP contribution in [0.25, 0.3) is 10.9 Å². The number of fused-ring (bicyclic) bond motifs is 3. The van der Waals surface area contributed by atoms with E-state index in [9.17, 15) is 4.79 Å². The molecule has 88 valence electrons. The lowest BCUT2D eigenvalue weighted by atomic mass is 10.0. The number of H-pyrrole nitrogens is 1. The lowest BCUT2D eigenvalue weighted by Crippen LogP contribution is -2.11. The van der Waals surface area contributed by atoms with Gasteiger partial charge in [0.05, 0.1) is 6.61 Å². The number of ether oxygens (including phenoxy) is 1. The van der Waals surface area contributed by atoms with Crippen LogP contribution in [-0.4, -0.2) is 17.5 Å². The average Bonchev–Trinajstić information content (AvgIpc) is 2.91. The van der Waals surface area contributed by atoms with Crippen molar-refractivity contribution in [1.82, 2.24) is 4.98 Å². The van der Waals surface area contributed by atoms with Crippen molar-refractivity contribution in [3.63, 3.8) is 0 Å². The molecule has 0 spiro atoms. The fourth-order valence-corrected chi connectivity index (χ4v) is 2.45. The maximum Gasteiger partial charge on any atom is 0.217 e. The van der Waals surface area contributed by atoms with Gasteiger partial charge in [0.25, 0.3) is 0 Å². The van der Waals surface area contributed by atoms with Crippen molar-refractivity contribution in [2.75, 3.05) is 6.61 Å². The number of carbonyl (C=O) groups is 1. The molecule has 4 heteroatoms. The number of carbonyl (C=O) groups excluding carboxylic acids is 1. The molecule has 1 aliphatic heterocycles. The minimum absolute atomic E-state index is 0.261. The van der Waals surface area contributed by atoms with Crippen LogP contribution in [-0.2, 0) is 17.6 Å². The SMILES string of the molecule is NC(=O)CCc1c[nH]c2ccc3c(c12)CCO3. The first kappa shape index (κ1) is 10.2. The minimum atomic E-state index is -0.261. The fraction of sp³-hybridized carbons (Fsp3) is 0.308. The molecule has 0 atom stereocenters. The minimum Gasteiger partial charge on any atom is -0.493 e. The number of primary amides is 1. The molecule has 0 saturated heterocycles. The van der Waals surface area contributed by atoms with Crippen LogP contribution in [0.15, 0.2) is 18.3 Å². The van der Waals surface area contributed by atoms with Gasteiger partial charge in [-0.1, -0.05) is 0 Å². The average molecular weight is 230 g/mol. The number of rotatable bonds is 3. The summed E-state index contributed by atoms with van der Waals surface area (Å²) in [6.45, 7) is 0.745. The molecule has 2 aromatic rings. The van der Waals surface area contributed by atoms with Gasteiger partial charge in [-0.05, 0) is 24.1 Å². The van der Waals surface area contributed by atoms with E-state index in [1.807, 2.05) is 18.3 Å². The molecular formula is C13H14N2O2. The number of amides is 1. The largest absolute Gasteiger partial charge is 0.493 e. The Hall–Kier alpha value is -1.97. The maximum atomic E-state index is 10.9. The van der Waals surface area contributed by atoms with Gasteiger partial charge < -0.3 is 15.5 Å². The summed E-state index contributed by atoms with van der Waals surface area (Å²) < 4.78 is 5.55. The molecule has 1 amide bonds. The monoisotopic (exact) mass is 230 g/mol. The van der Waals surface area contributed by atoms with E-state index < -0.39 is 0 Å². The molecule has 1 aromatic carbocycles. The van der Waals surface area contributed by atoms with Crippen molar-refractivity contribution < 1.29 is 9.53 Å². The van der Waals surface area contributed by atoms with E-state index in [1.165, 1.54) is 10.9 Å². The normalized spacial score (nSPS) is 13.6. The zero-order valence-corrected chi connectivity index (χ0v) is 9.45. The van der Waals surface area contributed by atoms with Crippen LogP contribution in [0.5, 0.6) is 5.75 Å². The van der Waals surface area contributed by atoms with E-state index in [0.29, 0.717) is 12.8 Å². The third kappa shape index (κ3) is 1.65. The molecule has 1 aromatic heterocycles. The Labute approximate surface area is 98.8 Å². The van der Waals surface area contributed by atoms with Crippen molar-refractivity contribution >= 4 is 16.8 Å². The summed E-state index contributed by atoms with van der Waals surface area (Å²) in [5.74, 6) is 0.709. The van der Waals surface area contributed by atoms with Crippen LogP contribution < -0.4 is 10.5 Å². The van der Waals surface area contributed by atoms with E-state index >= 15 is 0 Å². The molecule has 2 heterocycles. The van der Waals surface area contributed by atoms with Crippen molar-refractivity contribution in [3.8, 4) is 5.75 Å². The molecule has 1 aliphatic rings. The number of aryl methyl sites for hydroxylation is 1. The fourth-order valence-electron chi connectivity index (χ4n) is 2.45. The van der Waals surface area contributed by atoms with Crippen LogP contribution in [0.2, 0.25) is 0 Å². The standard InChI is InChI=1S/C13H14N2O2/c14-12(16)4-1-8-7-15-10-2-3-11-9(13(8)10)5-6-17-11/h2-3,7,15H,1,4-6H2,(H2,14,16). The number of aromatic nitrogens is 1. The predicted molar refractivity (Wildman–Crippen MR) is 65.0 cm³/mol. The van der Waals surface area contributed by atoms with Crippen molar-refractivity contribution in [3.05, 3.63) is 29.5 Å². The molecular weight excluding hydrogens is 216 g/mol. The highest BCUT2D eigenvalue weighted by Crippen LogP contribution is 2.34. The smallest absolute Gasteiger partial charge is 0.217 e.